The molecule has 3 rings (SSSR count). The van der Waals surface area contributed by atoms with Crippen molar-refractivity contribution in [3.05, 3.63) is 59.7 Å². The number of nitrogens with one attached hydrogen (secondary N) is 3. The molecule has 0 aromatic heterocycles. The van der Waals surface area contributed by atoms with E-state index >= 15 is 0 Å². The average molecular weight is 484 g/mol. The van der Waals surface area contributed by atoms with Gasteiger partial charge >= 0.3 is 18.0 Å². The number of aliphatic imine (C=N–C) groups is 1. The largest absolute Gasteiger partial charge is 0.492 e. The summed E-state index contributed by atoms with van der Waals surface area (Å²) in [5.41, 5.74) is 7.01. The van der Waals surface area contributed by atoms with Crippen molar-refractivity contribution in [2.45, 2.75) is 32.5 Å². The first-order valence-electron chi connectivity index (χ1n) is 11.2. The maximum Gasteiger partial charge on any atom is 0.408 e. The lowest BCUT2D eigenvalue weighted by atomic mass is 10.1. The molecule has 5 N–H and O–H groups in total. The van der Waals surface area contributed by atoms with Crippen LogP contribution in [0.4, 0.5) is 10.5 Å². The number of guanidine groups is 1. The number of rotatable bonds is 9. The first-order valence-corrected chi connectivity index (χ1v) is 11.2. The van der Waals surface area contributed by atoms with Crippen LogP contribution in [0.1, 0.15) is 35.7 Å². The zero-order valence-electron chi connectivity index (χ0n) is 19.4. The van der Waals surface area contributed by atoms with Crippen LogP contribution in [0, 0.1) is 0 Å². The van der Waals surface area contributed by atoms with Gasteiger partial charge in [-0.3, -0.25) is 9.79 Å². The molecular formula is C24H29N5O6. The highest BCUT2D eigenvalue weighted by Gasteiger charge is 2.23. The molecular weight excluding hydrogens is 454 g/mol. The summed E-state index contributed by atoms with van der Waals surface area (Å²) < 4.78 is 15.7. The summed E-state index contributed by atoms with van der Waals surface area (Å²) in [4.78, 5) is 41.3. The first kappa shape index (κ1) is 25.5. The highest BCUT2D eigenvalue weighted by molar-refractivity contribution is 6.06. The Morgan fingerprint density at radius 2 is 1.94 bits per heavy atom. The molecule has 0 unspecified atom stereocenters. The van der Waals surface area contributed by atoms with Crippen molar-refractivity contribution in [2.75, 3.05) is 25.0 Å². The Hall–Kier alpha value is -4.12. The van der Waals surface area contributed by atoms with Crippen LogP contribution in [0.2, 0.25) is 0 Å². The topological polar surface area (TPSA) is 153 Å². The number of nitrogens with zero attached hydrogens (tertiary/aromatic N) is 1. The molecule has 2 aromatic rings. The Bertz CT molecular complexity index is 1060. The highest BCUT2D eigenvalue weighted by atomic mass is 16.6. The lowest BCUT2D eigenvalue weighted by Crippen LogP contribution is -2.43. The van der Waals surface area contributed by atoms with Crippen LogP contribution in [-0.4, -0.2) is 49.9 Å². The third-order valence-electron chi connectivity index (χ3n) is 4.80. The molecule has 1 amide bonds. The van der Waals surface area contributed by atoms with Crippen LogP contribution in [0.5, 0.6) is 5.75 Å². The molecule has 1 heterocycles. The van der Waals surface area contributed by atoms with Crippen molar-refractivity contribution in [3.63, 3.8) is 0 Å². The number of amides is 1. The number of anilines is 1. The summed E-state index contributed by atoms with van der Waals surface area (Å²) in [5.74, 6) is -0.908. The molecule has 0 fully saturated rings. The second kappa shape index (κ2) is 12.9. The predicted octanol–water partition coefficient (Wildman–Crippen LogP) is 2.13. The number of benzene rings is 2. The van der Waals surface area contributed by atoms with Gasteiger partial charge in [0.05, 0.1) is 30.4 Å². The van der Waals surface area contributed by atoms with Crippen molar-refractivity contribution in [2.24, 2.45) is 10.7 Å². The normalized spacial score (nSPS) is 13.5. The Kier molecular flexibility index (Phi) is 9.43. The van der Waals surface area contributed by atoms with Gasteiger partial charge in [0, 0.05) is 13.1 Å². The molecule has 11 heteroatoms. The maximum absolute atomic E-state index is 12.8. The maximum atomic E-state index is 12.8. The van der Waals surface area contributed by atoms with Gasteiger partial charge in [-0.15, -0.1) is 0 Å². The Morgan fingerprint density at radius 1 is 1.14 bits per heavy atom. The molecule has 1 aliphatic heterocycles. The molecule has 0 saturated heterocycles. The van der Waals surface area contributed by atoms with Crippen molar-refractivity contribution >= 4 is 29.7 Å². The fourth-order valence-electron chi connectivity index (χ4n) is 3.19. The van der Waals surface area contributed by atoms with Gasteiger partial charge in [-0.1, -0.05) is 36.4 Å². The van der Waals surface area contributed by atoms with E-state index in [0.717, 1.165) is 18.5 Å². The van der Waals surface area contributed by atoms with Gasteiger partial charge in [0.1, 0.15) is 12.4 Å². The SMILES string of the molecule is CCOc1cccc(C(=O)OC(=O)C[C@@H](N)NC(=O)OCc2ccccc2)c1NC1=NCCCN1. The Morgan fingerprint density at radius 3 is 2.66 bits per heavy atom. The number of para-hydroxylation sites is 1. The molecule has 1 aliphatic rings. The molecule has 35 heavy (non-hydrogen) atoms. The van der Waals surface area contributed by atoms with Gasteiger partial charge < -0.3 is 35.9 Å². The molecule has 186 valence electrons. The third kappa shape index (κ3) is 8.00. The van der Waals surface area contributed by atoms with E-state index in [-0.39, 0.29) is 12.2 Å². The zero-order valence-corrected chi connectivity index (χ0v) is 19.4. The highest BCUT2D eigenvalue weighted by Crippen LogP contribution is 2.29. The molecule has 0 radical (unpaired) electrons. The summed E-state index contributed by atoms with van der Waals surface area (Å²) in [6, 6.07) is 13.9. The van der Waals surface area contributed by atoms with E-state index in [1.807, 2.05) is 25.1 Å². The smallest absolute Gasteiger partial charge is 0.408 e. The van der Waals surface area contributed by atoms with Crippen LogP contribution < -0.4 is 26.4 Å². The van der Waals surface area contributed by atoms with Crippen LogP contribution in [0.3, 0.4) is 0 Å². The van der Waals surface area contributed by atoms with E-state index < -0.39 is 30.6 Å². The fourth-order valence-corrected chi connectivity index (χ4v) is 3.19. The van der Waals surface area contributed by atoms with Gasteiger partial charge in [-0.05, 0) is 31.0 Å². The second-order valence-electron chi connectivity index (χ2n) is 7.53. The lowest BCUT2D eigenvalue weighted by molar-refractivity contribution is -0.138. The molecule has 0 bridgehead atoms. The van der Waals surface area contributed by atoms with E-state index in [0.29, 0.717) is 30.5 Å². The van der Waals surface area contributed by atoms with Gasteiger partial charge in [-0.25, -0.2) is 9.59 Å². The first-order chi connectivity index (χ1) is 17.0. The molecule has 0 spiro atoms. The third-order valence-corrected chi connectivity index (χ3v) is 4.80. The van der Waals surface area contributed by atoms with Crippen LogP contribution in [-0.2, 0) is 20.9 Å². The number of carbonyl (C=O) groups is 3. The number of hydrogen-bond acceptors (Lipinski definition) is 10. The van der Waals surface area contributed by atoms with Crippen molar-refractivity contribution in [1.82, 2.24) is 10.6 Å². The minimum Gasteiger partial charge on any atom is -0.492 e. The summed E-state index contributed by atoms with van der Waals surface area (Å²) in [7, 11) is 0. The van der Waals surface area contributed by atoms with E-state index in [1.54, 1.807) is 24.3 Å². The van der Waals surface area contributed by atoms with Gasteiger partial charge in [-0.2, -0.15) is 0 Å². The summed E-state index contributed by atoms with van der Waals surface area (Å²) in [6.07, 6.45) is -1.44. The summed E-state index contributed by atoms with van der Waals surface area (Å²) in [5, 5.41) is 8.49. The van der Waals surface area contributed by atoms with Crippen LogP contribution in [0.15, 0.2) is 53.5 Å². The van der Waals surface area contributed by atoms with E-state index in [2.05, 4.69) is 20.9 Å². The van der Waals surface area contributed by atoms with Crippen LogP contribution >= 0.6 is 0 Å². The molecule has 2 aromatic carbocycles. The van der Waals surface area contributed by atoms with Crippen molar-refractivity contribution < 1.29 is 28.6 Å². The standard InChI is InChI=1S/C24H29N5O6/c1-2-33-18-11-6-10-17(21(18)29-23-26-12-7-13-27-23)22(31)35-20(30)14-19(25)28-24(32)34-15-16-8-4-3-5-9-16/h3-6,8-11,19H,2,7,12-15,25H2,1H3,(H,28,32)(H2,26,27,29)/t19-/m0/s1. The van der Waals surface area contributed by atoms with E-state index in [1.165, 1.54) is 6.07 Å². The molecule has 0 saturated carbocycles. The van der Waals surface area contributed by atoms with Gasteiger partial charge in [0.15, 0.2) is 5.96 Å². The number of esters is 2. The monoisotopic (exact) mass is 483 g/mol. The number of ether oxygens (including phenoxy) is 3. The molecule has 1 atom stereocenters. The number of hydrogen-bond donors (Lipinski definition) is 4. The second-order valence-corrected chi connectivity index (χ2v) is 7.53. The lowest BCUT2D eigenvalue weighted by Gasteiger charge is -2.20. The summed E-state index contributed by atoms with van der Waals surface area (Å²) in [6.45, 7) is 3.61. The number of alkyl carbamates (subject to hydrolysis) is 1. The van der Waals surface area contributed by atoms with E-state index in [9.17, 15) is 14.4 Å². The minimum absolute atomic E-state index is 0.0500. The quantitative estimate of drug-likeness (QED) is 0.239. The van der Waals surface area contributed by atoms with Gasteiger partial charge in [0.2, 0.25) is 0 Å². The fraction of sp³-hybridized carbons (Fsp3) is 0.333. The Balaban J connectivity index is 1.57. The minimum atomic E-state index is -1.10. The van der Waals surface area contributed by atoms with Crippen molar-refractivity contribution in [1.29, 1.82) is 0 Å². The van der Waals surface area contributed by atoms with Gasteiger partial charge in [0.25, 0.3) is 0 Å². The molecule has 0 aliphatic carbocycles. The zero-order chi connectivity index (χ0) is 25.0. The van der Waals surface area contributed by atoms with Crippen LogP contribution in [0.25, 0.3) is 0 Å². The summed E-state index contributed by atoms with van der Waals surface area (Å²) >= 11 is 0. The Labute approximate surface area is 203 Å². The van der Waals surface area contributed by atoms with Crippen molar-refractivity contribution in [3.8, 4) is 5.75 Å². The average Bonchev–Trinajstić information content (AvgIpc) is 2.85. The molecule has 11 nitrogen and oxygen atoms in total. The predicted molar refractivity (Wildman–Crippen MR) is 129 cm³/mol. The number of carbonyl (C=O) groups excluding carboxylic acids is 3. The number of nitrogens with two attached hydrogens (primary N) is 1. The van der Waals surface area contributed by atoms with E-state index in [4.69, 9.17) is 19.9 Å².